The van der Waals surface area contributed by atoms with Crippen LogP contribution in [0, 0.1) is 10.1 Å². The van der Waals surface area contributed by atoms with Gasteiger partial charge in [0.15, 0.2) is 0 Å². The third-order valence-electron chi connectivity index (χ3n) is 3.99. The number of hydrogen-bond acceptors (Lipinski definition) is 7. The van der Waals surface area contributed by atoms with Gasteiger partial charge in [0.2, 0.25) is 5.95 Å². The Morgan fingerprint density at radius 1 is 1.11 bits per heavy atom. The number of nitrogens with zero attached hydrogens (tertiary/aromatic N) is 4. The molecule has 0 fully saturated rings. The molecule has 27 heavy (non-hydrogen) atoms. The van der Waals surface area contributed by atoms with Crippen LogP contribution >= 0.6 is 0 Å². The topological polar surface area (TPSA) is 106 Å². The van der Waals surface area contributed by atoms with Crippen molar-refractivity contribution in [2.45, 2.75) is 26.3 Å². The quantitative estimate of drug-likeness (QED) is 0.473. The highest BCUT2D eigenvalue weighted by atomic mass is 16.6. The second-order valence-electron chi connectivity index (χ2n) is 6.06. The number of anilines is 3. The first-order chi connectivity index (χ1) is 13.0. The van der Waals surface area contributed by atoms with Gasteiger partial charge >= 0.3 is 0 Å². The van der Waals surface area contributed by atoms with Crippen LogP contribution in [0.15, 0.2) is 54.7 Å². The van der Waals surface area contributed by atoms with Crippen molar-refractivity contribution >= 4 is 23.1 Å². The van der Waals surface area contributed by atoms with Crippen LogP contribution in [-0.2, 0) is 0 Å². The molecule has 2 heterocycles. The molecule has 0 radical (unpaired) electrons. The second-order valence-corrected chi connectivity index (χ2v) is 6.06. The predicted molar refractivity (Wildman–Crippen MR) is 105 cm³/mol. The Morgan fingerprint density at radius 3 is 2.52 bits per heavy atom. The smallest absolute Gasteiger partial charge is 0.269 e. The van der Waals surface area contributed by atoms with Crippen molar-refractivity contribution in [2.75, 3.05) is 10.6 Å². The van der Waals surface area contributed by atoms with Crippen LogP contribution < -0.4 is 10.6 Å². The second kappa shape index (κ2) is 8.22. The molecule has 2 N–H and O–H groups in total. The zero-order chi connectivity index (χ0) is 19.2. The number of nitro groups is 1. The van der Waals surface area contributed by atoms with E-state index in [4.69, 9.17) is 0 Å². The fourth-order valence-electron chi connectivity index (χ4n) is 2.36. The maximum atomic E-state index is 10.8. The van der Waals surface area contributed by atoms with E-state index in [1.807, 2.05) is 18.2 Å². The molecule has 0 aliphatic carbocycles. The highest BCUT2D eigenvalue weighted by Gasteiger charge is 2.10. The van der Waals surface area contributed by atoms with E-state index in [1.54, 1.807) is 24.4 Å². The molecule has 1 aromatic carbocycles. The SMILES string of the molecule is CC[C@@H](C)Nc1nc(Nc2ccc([N+](=O)[O-])cc2)cc(-c2ccccn2)n1. The summed E-state index contributed by atoms with van der Waals surface area (Å²) in [5.74, 6) is 1.07. The maximum Gasteiger partial charge on any atom is 0.269 e. The van der Waals surface area contributed by atoms with Crippen molar-refractivity contribution < 1.29 is 4.92 Å². The van der Waals surface area contributed by atoms with Gasteiger partial charge in [-0.15, -0.1) is 0 Å². The fraction of sp³-hybridized carbons (Fsp3) is 0.211. The average Bonchev–Trinajstić information content (AvgIpc) is 2.69. The van der Waals surface area contributed by atoms with Gasteiger partial charge in [-0.3, -0.25) is 15.1 Å². The molecule has 3 aromatic rings. The lowest BCUT2D eigenvalue weighted by molar-refractivity contribution is -0.384. The van der Waals surface area contributed by atoms with Gasteiger partial charge in [0.05, 0.1) is 16.3 Å². The lowest BCUT2D eigenvalue weighted by Gasteiger charge is -2.14. The number of aromatic nitrogens is 3. The van der Waals surface area contributed by atoms with Crippen LogP contribution in [0.2, 0.25) is 0 Å². The van der Waals surface area contributed by atoms with E-state index < -0.39 is 4.92 Å². The Kier molecular flexibility index (Phi) is 5.55. The predicted octanol–water partition coefficient (Wildman–Crippen LogP) is 4.40. The largest absolute Gasteiger partial charge is 0.352 e. The third-order valence-corrected chi connectivity index (χ3v) is 3.99. The van der Waals surface area contributed by atoms with Gasteiger partial charge in [-0.05, 0) is 37.6 Å². The van der Waals surface area contributed by atoms with Crippen LogP contribution in [0.3, 0.4) is 0 Å². The number of nitrogens with one attached hydrogen (secondary N) is 2. The zero-order valence-electron chi connectivity index (χ0n) is 15.1. The van der Waals surface area contributed by atoms with E-state index in [0.717, 1.165) is 12.1 Å². The molecule has 138 valence electrons. The first-order valence-corrected chi connectivity index (χ1v) is 8.63. The number of rotatable bonds is 7. The van der Waals surface area contributed by atoms with E-state index >= 15 is 0 Å². The number of pyridine rings is 1. The molecule has 0 bridgehead atoms. The Bertz CT molecular complexity index is 915. The number of non-ortho nitro benzene ring substituents is 1. The lowest BCUT2D eigenvalue weighted by Crippen LogP contribution is -2.16. The molecular weight excluding hydrogens is 344 g/mol. The minimum atomic E-state index is -0.429. The number of nitro benzene ring substituents is 1. The molecule has 0 spiro atoms. The molecular formula is C19H20N6O2. The highest BCUT2D eigenvalue weighted by molar-refractivity contribution is 5.65. The van der Waals surface area contributed by atoms with Crippen molar-refractivity contribution in [2.24, 2.45) is 0 Å². The Balaban J connectivity index is 1.93. The summed E-state index contributed by atoms with van der Waals surface area (Å²) in [5, 5.41) is 17.2. The van der Waals surface area contributed by atoms with Crippen molar-refractivity contribution in [3.05, 3.63) is 64.8 Å². The monoisotopic (exact) mass is 364 g/mol. The van der Waals surface area contributed by atoms with E-state index in [2.05, 4.69) is 39.4 Å². The molecule has 0 aliphatic rings. The van der Waals surface area contributed by atoms with Gasteiger partial charge in [-0.25, -0.2) is 4.98 Å². The first-order valence-electron chi connectivity index (χ1n) is 8.63. The van der Waals surface area contributed by atoms with E-state index in [1.165, 1.54) is 12.1 Å². The van der Waals surface area contributed by atoms with Crippen LogP contribution in [0.4, 0.5) is 23.1 Å². The summed E-state index contributed by atoms with van der Waals surface area (Å²) in [6.07, 6.45) is 2.64. The lowest BCUT2D eigenvalue weighted by atomic mass is 10.2. The van der Waals surface area contributed by atoms with Gasteiger partial charge in [-0.2, -0.15) is 4.98 Å². The van der Waals surface area contributed by atoms with Crippen molar-refractivity contribution in [3.63, 3.8) is 0 Å². The third kappa shape index (κ3) is 4.75. The van der Waals surface area contributed by atoms with Crippen LogP contribution in [-0.4, -0.2) is 25.9 Å². The van der Waals surface area contributed by atoms with Crippen molar-refractivity contribution in [3.8, 4) is 11.4 Å². The molecule has 1 atom stereocenters. The number of benzene rings is 1. The summed E-state index contributed by atoms with van der Waals surface area (Å²) in [6.45, 7) is 4.14. The molecule has 0 saturated carbocycles. The standard InChI is InChI=1S/C19H20N6O2/c1-3-13(2)21-19-23-17(16-6-4-5-11-20-16)12-18(24-19)22-14-7-9-15(10-8-14)25(26)27/h4-13H,3H2,1-2H3,(H2,21,22,23,24)/t13-/m1/s1. The summed E-state index contributed by atoms with van der Waals surface area (Å²) in [6, 6.07) is 13.8. The first kappa shape index (κ1) is 18.2. The van der Waals surface area contributed by atoms with Crippen LogP contribution in [0.1, 0.15) is 20.3 Å². The molecule has 8 heteroatoms. The van der Waals surface area contributed by atoms with Gasteiger partial charge in [0.1, 0.15) is 5.82 Å². The van der Waals surface area contributed by atoms with Crippen molar-refractivity contribution in [1.29, 1.82) is 0 Å². The van der Waals surface area contributed by atoms with Gasteiger partial charge in [0.25, 0.3) is 5.69 Å². The molecule has 3 rings (SSSR count). The van der Waals surface area contributed by atoms with E-state index in [9.17, 15) is 10.1 Å². The van der Waals surface area contributed by atoms with Crippen LogP contribution in [0.5, 0.6) is 0 Å². The average molecular weight is 364 g/mol. The molecule has 2 aromatic heterocycles. The minimum Gasteiger partial charge on any atom is -0.352 e. The summed E-state index contributed by atoms with van der Waals surface area (Å²) >= 11 is 0. The van der Waals surface area contributed by atoms with E-state index in [0.29, 0.717) is 23.1 Å². The van der Waals surface area contributed by atoms with Gasteiger partial charge in [0, 0.05) is 36.1 Å². The molecule has 0 unspecified atom stereocenters. The normalized spacial score (nSPS) is 11.6. The molecule has 8 nitrogen and oxygen atoms in total. The van der Waals surface area contributed by atoms with E-state index in [-0.39, 0.29) is 11.7 Å². The summed E-state index contributed by atoms with van der Waals surface area (Å²) in [4.78, 5) is 23.8. The van der Waals surface area contributed by atoms with Gasteiger partial charge in [-0.1, -0.05) is 13.0 Å². The zero-order valence-corrected chi connectivity index (χ0v) is 15.1. The Labute approximate surface area is 156 Å². The summed E-state index contributed by atoms with van der Waals surface area (Å²) in [5.41, 5.74) is 2.15. The van der Waals surface area contributed by atoms with Gasteiger partial charge < -0.3 is 10.6 Å². The highest BCUT2D eigenvalue weighted by Crippen LogP contribution is 2.24. The molecule has 0 amide bonds. The Morgan fingerprint density at radius 2 is 1.89 bits per heavy atom. The summed E-state index contributed by atoms with van der Waals surface area (Å²) < 4.78 is 0. The molecule has 0 saturated heterocycles. The minimum absolute atomic E-state index is 0.0385. The number of hydrogen-bond donors (Lipinski definition) is 2. The molecule has 0 aliphatic heterocycles. The Hall–Kier alpha value is -3.55. The van der Waals surface area contributed by atoms with Crippen molar-refractivity contribution in [1.82, 2.24) is 15.0 Å². The maximum absolute atomic E-state index is 10.8. The van der Waals surface area contributed by atoms with Crippen LogP contribution in [0.25, 0.3) is 11.4 Å². The summed E-state index contributed by atoms with van der Waals surface area (Å²) in [7, 11) is 0. The fourth-order valence-corrected chi connectivity index (χ4v) is 2.36.